The van der Waals surface area contributed by atoms with E-state index in [-0.39, 0.29) is 18.0 Å². The molecule has 0 aliphatic heterocycles. The van der Waals surface area contributed by atoms with Crippen LogP contribution in [0.2, 0.25) is 0 Å². The fourth-order valence-electron chi connectivity index (χ4n) is 3.67. The molecule has 4 aromatic rings. The lowest BCUT2D eigenvalue weighted by atomic mass is 9.95. The van der Waals surface area contributed by atoms with Crippen LogP contribution >= 0.6 is 31.9 Å². The van der Waals surface area contributed by atoms with E-state index in [1.54, 1.807) is 30.5 Å². The molecule has 0 saturated carbocycles. The Balaban J connectivity index is 1.72. The van der Waals surface area contributed by atoms with Gasteiger partial charge in [0.25, 0.3) is 5.56 Å². The molecule has 1 heterocycles. The maximum Gasteiger partial charge on any atom is 0.282 e. The largest absolute Gasteiger partial charge is 0.490 e. The van der Waals surface area contributed by atoms with Crippen molar-refractivity contribution in [1.82, 2.24) is 9.66 Å². The van der Waals surface area contributed by atoms with Crippen LogP contribution in [0.4, 0.5) is 4.39 Å². The van der Waals surface area contributed by atoms with E-state index in [9.17, 15) is 9.18 Å². The summed E-state index contributed by atoms with van der Waals surface area (Å²) in [5.41, 5.74) is 1.47. The molecule has 0 amide bonds. The monoisotopic (exact) mass is 629 g/mol. The van der Waals surface area contributed by atoms with Crippen LogP contribution in [0, 0.1) is 5.82 Å². The van der Waals surface area contributed by atoms with Crippen LogP contribution in [0.5, 0.6) is 11.5 Å². The van der Waals surface area contributed by atoms with Crippen LogP contribution in [0.25, 0.3) is 10.9 Å². The molecule has 0 unspecified atom stereocenters. The predicted octanol–water partition coefficient (Wildman–Crippen LogP) is 7.22. The first kappa shape index (κ1) is 27.0. The van der Waals surface area contributed by atoms with Gasteiger partial charge in [-0.25, -0.2) is 9.37 Å². The van der Waals surface area contributed by atoms with Crippen molar-refractivity contribution in [1.29, 1.82) is 0 Å². The maximum absolute atomic E-state index is 13.4. The van der Waals surface area contributed by atoms with Crippen LogP contribution in [0.15, 0.2) is 73.4 Å². The predicted molar refractivity (Wildman–Crippen MR) is 151 cm³/mol. The highest BCUT2D eigenvalue weighted by molar-refractivity contribution is 9.10. The lowest BCUT2D eigenvalue weighted by Gasteiger charge is -2.21. The van der Waals surface area contributed by atoms with Gasteiger partial charge in [-0.1, -0.05) is 48.8 Å². The second kappa shape index (κ2) is 11.1. The molecule has 0 aliphatic rings. The minimum absolute atomic E-state index is 0.245. The smallest absolute Gasteiger partial charge is 0.282 e. The number of hydrogen-bond donors (Lipinski definition) is 0. The number of halogens is 3. The van der Waals surface area contributed by atoms with Crippen molar-refractivity contribution < 1.29 is 13.9 Å². The zero-order valence-corrected chi connectivity index (χ0v) is 24.1. The Bertz CT molecular complexity index is 1530. The van der Waals surface area contributed by atoms with Gasteiger partial charge in [0.15, 0.2) is 11.5 Å². The molecule has 0 saturated heterocycles. The lowest BCUT2D eigenvalue weighted by Crippen LogP contribution is -2.29. The average molecular weight is 631 g/mol. The van der Waals surface area contributed by atoms with E-state index < -0.39 is 5.41 Å². The number of nitrogens with zero attached hydrogens (tertiary/aromatic N) is 3. The van der Waals surface area contributed by atoms with Crippen LogP contribution in [-0.4, -0.2) is 22.5 Å². The first-order valence-corrected chi connectivity index (χ1v) is 13.3. The quantitative estimate of drug-likeness (QED) is 0.202. The van der Waals surface area contributed by atoms with Crippen molar-refractivity contribution in [2.24, 2.45) is 5.10 Å². The Labute approximate surface area is 231 Å². The van der Waals surface area contributed by atoms with Crippen molar-refractivity contribution in [2.75, 3.05) is 6.61 Å². The van der Waals surface area contributed by atoms with Gasteiger partial charge in [0.2, 0.25) is 0 Å². The summed E-state index contributed by atoms with van der Waals surface area (Å²) in [6.45, 7) is 8.52. The highest BCUT2D eigenvalue weighted by Gasteiger charge is 2.23. The van der Waals surface area contributed by atoms with E-state index in [1.807, 2.05) is 45.9 Å². The van der Waals surface area contributed by atoms with E-state index in [4.69, 9.17) is 14.5 Å². The average Bonchev–Trinajstić information content (AvgIpc) is 2.84. The van der Waals surface area contributed by atoms with Crippen LogP contribution < -0.4 is 15.0 Å². The third-order valence-corrected chi connectivity index (χ3v) is 6.51. The van der Waals surface area contributed by atoms with Gasteiger partial charge in [-0.3, -0.25) is 4.79 Å². The van der Waals surface area contributed by atoms with Crippen LogP contribution in [0.1, 0.15) is 44.6 Å². The Kier molecular flexibility index (Phi) is 8.14. The summed E-state index contributed by atoms with van der Waals surface area (Å²) in [6.07, 6.45) is 1.60. The summed E-state index contributed by atoms with van der Waals surface area (Å²) in [5.74, 6) is 1.29. The zero-order valence-electron chi connectivity index (χ0n) is 20.9. The SMILES string of the molecule is CCOc1cc(C=Nn2c(C(C)(C)C)nc3ccc(Br)cc3c2=O)cc(Br)c1OCc1ccc(F)cc1. The first-order valence-electron chi connectivity index (χ1n) is 11.7. The Morgan fingerprint density at radius 2 is 1.78 bits per heavy atom. The topological polar surface area (TPSA) is 65.7 Å². The molecule has 0 spiro atoms. The molecule has 37 heavy (non-hydrogen) atoms. The fourth-order valence-corrected chi connectivity index (χ4v) is 4.60. The third-order valence-electron chi connectivity index (χ3n) is 5.43. The van der Waals surface area contributed by atoms with E-state index in [0.29, 0.717) is 44.9 Å². The molecular weight excluding hydrogens is 605 g/mol. The molecule has 6 nitrogen and oxygen atoms in total. The van der Waals surface area contributed by atoms with E-state index >= 15 is 0 Å². The summed E-state index contributed by atoms with van der Waals surface area (Å²) in [7, 11) is 0. The highest BCUT2D eigenvalue weighted by Crippen LogP contribution is 2.37. The molecule has 0 bridgehead atoms. The molecule has 9 heteroatoms. The van der Waals surface area contributed by atoms with Gasteiger partial charge in [-0.2, -0.15) is 9.78 Å². The third kappa shape index (κ3) is 6.27. The molecule has 0 atom stereocenters. The number of rotatable bonds is 7. The molecule has 0 aliphatic carbocycles. The number of fused-ring (bicyclic) bond motifs is 1. The number of aromatic nitrogens is 2. The second-order valence-corrected chi connectivity index (χ2v) is 11.2. The van der Waals surface area contributed by atoms with Crippen molar-refractivity contribution in [3.63, 3.8) is 0 Å². The van der Waals surface area contributed by atoms with Crippen LogP contribution in [-0.2, 0) is 12.0 Å². The Hall–Kier alpha value is -3.04. The molecule has 1 aromatic heterocycles. The van der Waals surface area contributed by atoms with Gasteiger partial charge in [0, 0.05) is 9.89 Å². The molecule has 0 N–H and O–H groups in total. The number of benzene rings is 3. The molecule has 3 aromatic carbocycles. The first-order chi connectivity index (χ1) is 17.6. The van der Waals surface area contributed by atoms with Gasteiger partial charge >= 0.3 is 0 Å². The van der Waals surface area contributed by atoms with Crippen molar-refractivity contribution in [3.8, 4) is 11.5 Å². The Morgan fingerprint density at radius 1 is 1.05 bits per heavy atom. The molecule has 192 valence electrons. The highest BCUT2D eigenvalue weighted by atomic mass is 79.9. The van der Waals surface area contributed by atoms with E-state index in [0.717, 1.165) is 10.0 Å². The van der Waals surface area contributed by atoms with Crippen molar-refractivity contribution in [3.05, 3.63) is 96.7 Å². The summed E-state index contributed by atoms with van der Waals surface area (Å²) in [4.78, 5) is 18.2. The normalized spacial score (nSPS) is 11.9. The minimum Gasteiger partial charge on any atom is -0.490 e. The van der Waals surface area contributed by atoms with Gasteiger partial charge in [-0.15, -0.1) is 0 Å². The summed E-state index contributed by atoms with van der Waals surface area (Å²) in [5, 5.41) is 5.02. The molecule has 0 fully saturated rings. The Morgan fingerprint density at radius 3 is 2.46 bits per heavy atom. The lowest BCUT2D eigenvalue weighted by molar-refractivity contribution is 0.267. The second-order valence-electron chi connectivity index (χ2n) is 9.39. The zero-order chi connectivity index (χ0) is 26.7. The van der Waals surface area contributed by atoms with E-state index in [2.05, 4.69) is 37.0 Å². The van der Waals surface area contributed by atoms with Gasteiger partial charge in [0.05, 0.1) is 28.2 Å². The molecular formula is C28H26Br2FN3O3. The van der Waals surface area contributed by atoms with E-state index in [1.165, 1.54) is 16.8 Å². The van der Waals surface area contributed by atoms with Crippen LogP contribution in [0.3, 0.4) is 0 Å². The summed E-state index contributed by atoms with van der Waals surface area (Å²) >= 11 is 7.00. The molecule has 0 radical (unpaired) electrons. The standard InChI is InChI=1S/C28H26Br2FN3O3/c1-5-36-24-13-18(12-22(30)25(24)37-16-17-6-9-20(31)10-7-17)15-32-34-26(35)21-14-19(29)8-11-23(21)33-27(34)28(2,3)4/h6-15H,5,16H2,1-4H3. The summed E-state index contributed by atoms with van der Waals surface area (Å²) < 4.78 is 27.8. The minimum atomic E-state index is -0.424. The number of ether oxygens (including phenoxy) is 2. The van der Waals surface area contributed by atoms with Crippen molar-refractivity contribution >= 4 is 49.0 Å². The van der Waals surface area contributed by atoms with Gasteiger partial charge in [-0.05, 0) is 76.4 Å². The summed E-state index contributed by atoms with van der Waals surface area (Å²) in [6, 6.07) is 15.2. The fraction of sp³-hybridized carbons (Fsp3) is 0.250. The van der Waals surface area contributed by atoms with Crippen molar-refractivity contribution in [2.45, 2.75) is 39.7 Å². The van der Waals surface area contributed by atoms with Gasteiger partial charge < -0.3 is 9.47 Å². The molecule has 4 rings (SSSR count). The number of hydrogen-bond acceptors (Lipinski definition) is 5. The maximum atomic E-state index is 13.4. The van der Waals surface area contributed by atoms with Gasteiger partial charge in [0.1, 0.15) is 18.2 Å².